The third kappa shape index (κ3) is 2.74. The summed E-state index contributed by atoms with van der Waals surface area (Å²) in [4.78, 5) is 23.1. The minimum atomic E-state index is -1.19. The summed E-state index contributed by atoms with van der Waals surface area (Å²) in [6.07, 6.45) is 0.597. The van der Waals surface area contributed by atoms with E-state index in [4.69, 9.17) is 9.84 Å². The monoisotopic (exact) mass is 281 g/mol. The van der Waals surface area contributed by atoms with E-state index in [1.54, 1.807) is 6.07 Å². The highest BCUT2D eigenvalue weighted by Gasteiger charge is 2.46. The second kappa shape index (κ2) is 5.48. The second-order valence-corrected chi connectivity index (χ2v) is 4.92. The van der Waals surface area contributed by atoms with Crippen molar-refractivity contribution in [3.63, 3.8) is 0 Å². The fraction of sp³-hybridized carbons (Fsp3) is 0.429. The Bertz CT molecular complexity index is 528. The number of benzene rings is 1. The fourth-order valence-electron chi connectivity index (χ4n) is 2.04. The van der Waals surface area contributed by atoms with Crippen LogP contribution < -0.4 is 10.1 Å². The number of para-hydroxylation sites is 1. The van der Waals surface area contributed by atoms with Gasteiger partial charge in [0.2, 0.25) is 0 Å². The van der Waals surface area contributed by atoms with Crippen LogP contribution in [-0.2, 0) is 9.59 Å². The third-order valence-corrected chi connectivity index (χ3v) is 3.49. The molecule has 1 unspecified atom stereocenters. The van der Waals surface area contributed by atoms with Gasteiger partial charge in [0, 0.05) is 0 Å². The van der Waals surface area contributed by atoms with E-state index in [-0.39, 0.29) is 5.75 Å². The topological polar surface area (TPSA) is 75.6 Å². The predicted molar refractivity (Wildman–Crippen MR) is 68.9 cm³/mol. The summed E-state index contributed by atoms with van der Waals surface area (Å²) in [5.41, 5.74) is -1.19. The summed E-state index contributed by atoms with van der Waals surface area (Å²) in [6, 6.07) is 5.74. The van der Waals surface area contributed by atoms with Crippen LogP contribution in [0.3, 0.4) is 0 Å². The van der Waals surface area contributed by atoms with E-state index in [1.165, 1.54) is 25.1 Å². The van der Waals surface area contributed by atoms with Crippen molar-refractivity contribution in [2.75, 3.05) is 0 Å². The molecular formula is C14H16FNO4. The lowest BCUT2D eigenvalue weighted by molar-refractivity contribution is -0.152. The Hall–Kier alpha value is -2.11. The lowest BCUT2D eigenvalue weighted by Crippen LogP contribution is -2.61. The molecule has 1 aromatic carbocycles. The average molecular weight is 281 g/mol. The molecule has 1 saturated carbocycles. The van der Waals surface area contributed by atoms with Gasteiger partial charge in [-0.3, -0.25) is 4.79 Å². The van der Waals surface area contributed by atoms with Crippen molar-refractivity contribution in [1.29, 1.82) is 0 Å². The number of amides is 1. The molecule has 1 fully saturated rings. The van der Waals surface area contributed by atoms with Crippen molar-refractivity contribution in [1.82, 2.24) is 5.32 Å². The number of aliphatic carboxylic acids is 1. The van der Waals surface area contributed by atoms with Crippen LogP contribution in [0.25, 0.3) is 0 Å². The highest BCUT2D eigenvalue weighted by molar-refractivity contribution is 5.89. The van der Waals surface area contributed by atoms with Crippen molar-refractivity contribution >= 4 is 11.9 Å². The third-order valence-electron chi connectivity index (χ3n) is 3.49. The van der Waals surface area contributed by atoms with Gasteiger partial charge in [0.1, 0.15) is 5.54 Å². The van der Waals surface area contributed by atoms with E-state index in [1.807, 2.05) is 0 Å². The van der Waals surface area contributed by atoms with Gasteiger partial charge in [-0.1, -0.05) is 12.1 Å². The van der Waals surface area contributed by atoms with Crippen molar-refractivity contribution in [2.45, 2.75) is 37.8 Å². The minimum Gasteiger partial charge on any atom is -0.480 e. The minimum absolute atomic E-state index is 0.0341. The first-order chi connectivity index (χ1) is 9.44. The average Bonchev–Trinajstić information content (AvgIpc) is 2.35. The van der Waals surface area contributed by atoms with Gasteiger partial charge < -0.3 is 15.2 Å². The van der Waals surface area contributed by atoms with E-state index in [9.17, 15) is 14.0 Å². The summed E-state index contributed by atoms with van der Waals surface area (Å²) in [6.45, 7) is 1.45. The van der Waals surface area contributed by atoms with Gasteiger partial charge in [-0.05, 0) is 38.3 Å². The molecule has 0 heterocycles. The van der Waals surface area contributed by atoms with Gasteiger partial charge in [-0.25, -0.2) is 9.18 Å². The van der Waals surface area contributed by atoms with Gasteiger partial charge in [-0.15, -0.1) is 0 Å². The van der Waals surface area contributed by atoms with Crippen LogP contribution in [-0.4, -0.2) is 28.6 Å². The molecule has 0 aromatic heterocycles. The Labute approximate surface area is 115 Å². The number of nitrogens with one attached hydrogen (secondary N) is 1. The van der Waals surface area contributed by atoms with Gasteiger partial charge in [0.15, 0.2) is 17.7 Å². The molecule has 1 aromatic rings. The molecule has 0 saturated heterocycles. The summed E-state index contributed by atoms with van der Waals surface area (Å²) >= 11 is 0. The summed E-state index contributed by atoms with van der Waals surface area (Å²) < 4.78 is 18.6. The maximum atomic E-state index is 13.4. The van der Waals surface area contributed by atoms with Crippen molar-refractivity contribution in [3.05, 3.63) is 30.1 Å². The summed E-state index contributed by atoms with van der Waals surface area (Å²) in [5, 5.41) is 11.6. The highest BCUT2D eigenvalue weighted by atomic mass is 19.1. The number of rotatable bonds is 5. The molecule has 1 atom stereocenters. The molecule has 0 spiro atoms. The Kier molecular flexibility index (Phi) is 3.92. The van der Waals surface area contributed by atoms with Gasteiger partial charge in [0.05, 0.1) is 0 Å². The van der Waals surface area contributed by atoms with E-state index in [2.05, 4.69) is 5.32 Å². The lowest BCUT2D eigenvalue weighted by atomic mass is 9.76. The highest BCUT2D eigenvalue weighted by Crippen LogP contribution is 2.32. The van der Waals surface area contributed by atoms with Crippen LogP contribution in [0, 0.1) is 5.82 Å². The molecule has 2 N–H and O–H groups in total. The van der Waals surface area contributed by atoms with Crippen LogP contribution in [0.5, 0.6) is 5.75 Å². The number of carbonyl (C=O) groups is 2. The Morgan fingerprint density at radius 3 is 2.55 bits per heavy atom. The largest absolute Gasteiger partial charge is 0.480 e. The number of ether oxygens (including phenoxy) is 1. The quantitative estimate of drug-likeness (QED) is 0.861. The maximum absolute atomic E-state index is 13.4. The Morgan fingerprint density at radius 2 is 2.05 bits per heavy atom. The number of halogens is 1. The van der Waals surface area contributed by atoms with Crippen molar-refractivity contribution in [2.24, 2.45) is 0 Å². The first-order valence-electron chi connectivity index (χ1n) is 6.41. The van der Waals surface area contributed by atoms with Gasteiger partial charge in [-0.2, -0.15) is 0 Å². The number of carboxylic acid groups (broad SMARTS) is 1. The zero-order valence-electron chi connectivity index (χ0n) is 11.1. The molecule has 5 nitrogen and oxygen atoms in total. The van der Waals surface area contributed by atoms with Crippen LogP contribution in [0.1, 0.15) is 26.2 Å². The standard InChI is InChI=1S/C14H16FNO4/c1-9(20-11-6-3-2-5-10(11)15)12(17)16-14(13(18)19)7-4-8-14/h2-3,5-6,9H,4,7-8H2,1H3,(H,16,17)(H,18,19). The molecule has 0 aliphatic heterocycles. The SMILES string of the molecule is CC(Oc1ccccc1F)C(=O)NC1(C(=O)O)CCC1. The normalized spacial score (nSPS) is 17.7. The molecule has 108 valence electrons. The number of hydrogen-bond donors (Lipinski definition) is 2. The predicted octanol–water partition coefficient (Wildman–Crippen LogP) is 1.72. The maximum Gasteiger partial charge on any atom is 0.329 e. The fourth-order valence-corrected chi connectivity index (χ4v) is 2.04. The van der Waals surface area contributed by atoms with E-state index >= 15 is 0 Å². The first-order valence-corrected chi connectivity index (χ1v) is 6.41. The van der Waals surface area contributed by atoms with Crippen LogP contribution in [0.15, 0.2) is 24.3 Å². The number of carbonyl (C=O) groups excluding carboxylic acids is 1. The van der Waals surface area contributed by atoms with Crippen LogP contribution in [0.4, 0.5) is 4.39 Å². The molecule has 1 aliphatic carbocycles. The Balaban J connectivity index is 1.99. The molecule has 1 aliphatic rings. The molecule has 1 amide bonds. The van der Waals surface area contributed by atoms with Crippen molar-refractivity contribution in [3.8, 4) is 5.75 Å². The molecular weight excluding hydrogens is 265 g/mol. The van der Waals surface area contributed by atoms with Gasteiger partial charge in [0.25, 0.3) is 5.91 Å². The second-order valence-electron chi connectivity index (χ2n) is 4.92. The first kappa shape index (κ1) is 14.3. The molecule has 6 heteroatoms. The van der Waals surface area contributed by atoms with Crippen molar-refractivity contribution < 1.29 is 23.8 Å². The molecule has 0 radical (unpaired) electrons. The van der Waals surface area contributed by atoms with E-state index in [0.29, 0.717) is 12.8 Å². The zero-order chi connectivity index (χ0) is 14.8. The molecule has 20 heavy (non-hydrogen) atoms. The lowest BCUT2D eigenvalue weighted by Gasteiger charge is -2.38. The van der Waals surface area contributed by atoms with Crippen LogP contribution in [0.2, 0.25) is 0 Å². The molecule has 2 rings (SSSR count). The van der Waals surface area contributed by atoms with E-state index < -0.39 is 29.3 Å². The summed E-state index contributed by atoms with van der Waals surface area (Å²) in [7, 11) is 0. The van der Waals surface area contributed by atoms with E-state index in [0.717, 1.165) is 6.42 Å². The Morgan fingerprint density at radius 1 is 1.40 bits per heavy atom. The number of carboxylic acids is 1. The smallest absolute Gasteiger partial charge is 0.329 e. The molecule has 0 bridgehead atoms. The summed E-state index contributed by atoms with van der Waals surface area (Å²) in [5.74, 6) is -2.21. The van der Waals surface area contributed by atoms with Crippen LogP contribution >= 0.6 is 0 Å². The zero-order valence-corrected chi connectivity index (χ0v) is 11.1. The number of hydrogen-bond acceptors (Lipinski definition) is 3. The van der Waals surface area contributed by atoms with Gasteiger partial charge >= 0.3 is 5.97 Å².